The van der Waals surface area contributed by atoms with Crippen LogP contribution in [0.5, 0.6) is 0 Å². The van der Waals surface area contributed by atoms with Gasteiger partial charge in [-0.05, 0) is 48.4 Å². The van der Waals surface area contributed by atoms with Gasteiger partial charge in [-0.2, -0.15) is 0 Å². The van der Waals surface area contributed by atoms with Gasteiger partial charge in [0.2, 0.25) is 0 Å². The zero-order chi connectivity index (χ0) is 19.2. The highest BCUT2D eigenvalue weighted by Crippen LogP contribution is 2.30. The van der Waals surface area contributed by atoms with Gasteiger partial charge in [-0.1, -0.05) is 48.5 Å². The van der Waals surface area contributed by atoms with Crippen molar-refractivity contribution in [3.05, 3.63) is 77.0 Å². The van der Waals surface area contributed by atoms with Crippen LogP contribution in [0.2, 0.25) is 0 Å². The van der Waals surface area contributed by atoms with Gasteiger partial charge in [0, 0.05) is 37.7 Å². The van der Waals surface area contributed by atoms with E-state index in [-0.39, 0.29) is 0 Å². The molecule has 0 atom stereocenters. The average Bonchev–Trinajstić information content (AvgIpc) is 3.37. The van der Waals surface area contributed by atoms with Crippen molar-refractivity contribution in [3.8, 4) is 0 Å². The highest BCUT2D eigenvalue weighted by molar-refractivity contribution is 5.81. The fourth-order valence-electron chi connectivity index (χ4n) is 4.09. The van der Waals surface area contributed by atoms with E-state index in [0.717, 1.165) is 56.5 Å². The molecule has 28 heavy (non-hydrogen) atoms. The lowest BCUT2D eigenvalue weighted by Gasteiger charge is -2.19. The molecule has 144 valence electrons. The summed E-state index contributed by atoms with van der Waals surface area (Å²) in [6, 6.07) is 17.1. The SMILES string of the molecule is O=C(CCCCc1ccccc1)Cc1ccc2c(c1)N(CC1=CCC=N1)CC2. The van der Waals surface area contributed by atoms with Crippen molar-refractivity contribution in [1.82, 2.24) is 0 Å². The third-order valence-corrected chi connectivity index (χ3v) is 5.63. The fourth-order valence-corrected chi connectivity index (χ4v) is 4.09. The number of allylic oxidation sites excluding steroid dienone is 1. The second kappa shape index (κ2) is 9.01. The predicted octanol–water partition coefficient (Wildman–Crippen LogP) is 4.93. The third-order valence-electron chi connectivity index (χ3n) is 5.63. The number of benzene rings is 2. The van der Waals surface area contributed by atoms with Crippen molar-refractivity contribution >= 4 is 17.7 Å². The molecule has 0 bridgehead atoms. The van der Waals surface area contributed by atoms with Gasteiger partial charge in [0.15, 0.2) is 0 Å². The molecule has 3 nitrogen and oxygen atoms in total. The van der Waals surface area contributed by atoms with E-state index >= 15 is 0 Å². The number of carbonyl (C=O) groups is 1. The number of Topliss-reactive ketones (excluding diaryl/α,β-unsaturated/α-hetero) is 1. The lowest BCUT2D eigenvalue weighted by atomic mass is 10.0. The molecule has 0 aliphatic carbocycles. The molecule has 2 heterocycles. The summed E-state index contributed by atoms with van der Waals surface area (Å²) >= 11 is 0. The monoisotopic (exact) mass is 372 g/mol. The van der Waals surface area contributed by atoms with Crippen LogP contribution in [0, 0.1) is 0 Å². The Morgan fingerprint density at radius 2 is 1.93 bits per heavy atom. The first kappa shape index (κ1) is 18.7. The molecule has 3 heteroatoms. The van der Waals surface area contributed by atoms with Crippen molar-refractivity contribution in [2.75, 3.05) is 18.0 Å². The van der Waals surface area contributed by atoms with Crippen molar-refractivity contribution < 1.29 is 4.79 Å². The van der Waals surface area contributed by atoms with E-state index in [1.807, 2.05) is 12.3 Å². The molecule has 0 spiro atoms. The summed E-state index contributed by atoms with van der Waals surface area (Å²) < 4.78 is 0. The minimum absolute atomic E-state index is 0.348. The largest absolute Gasteiger partial charge is 0.365 e. The molecule has 0 amide bonds. The van der Waals surface area contributed by atoms with Gasteiger partial charge in [-0.3, -0.25) is 9.79 Å². The fraction of sp³-hybridized carbons (Fsp3) is 0.360. The molecule has 0 radical (unpaired) electrons. The van der Waals surface area contributed by atoms with Crippen LogP contribution in [-0.2, 0) is 24.1 Å². The molecule has 0 fully saturated rings. The average molecular weight is 373 g/mol. The molecular formula is C25H28N2O. The third kappa shape index (κ3) is 4.78. The van der Waals surface area contributed by atoms with Crippen LogP contribution in [0.1, 0.15) is 42.4 Å². The van der Waals surface area contributed by atoms with Crippen LogP contribution in [-0.4, -0.2) is 25.1 Å². The number of anilines is 1. The number of ketones is 1. The Bertz CT molecular complexity index is 883. The zero-order valence-corrected chi connectivity index (χ0v) is 16.4. The number of carbonyl (C=O) groups excluding carboxylic acids is 1. The number of unbranched alkanes of at least 4 members (excludes halogenated alkanes) is 1. The van der Waals surface area contributed by atoms with Gasteiger partial charge in [-0.15, -0.1) is 0 Å². The Kier molecular flexibility index (Phi) is 6.01. The van der Waals surface area contributed by atoms with E-state index in [1.54, 1.807) is 0 Å². The van der Waals surface area contributed by atoms with E-state index in [2.05, 4.69) is 58.4 Å². The van der Waals surface area contributed by atoms with Crippen LogP contribution < -0.4 is 4.90 Å². The van der Waals surface area contributed by atoms with Crippen molar-refractivity contribution in [2.24, 2.45) is 4.99 Å². The maximum Gasteiger partial charge on any atom is 0.137 e. The molecule has 0 N–H and O–H groups in total. The van der Waals surface area contributed by atoms with Crippen LogP contribution >= 0.6 is 0 Å². The van der Waals surface area contributed by atoms with Crippen LogP contribution in [0.25, 0.3) is 0 Å². The molecule has 2 aliphatic heterocycles. The van der Waals surface area contributed by atoms with E-state index in [4.69, 9.17) is 0 Å². The van der Waals surface area contributed by atoms with Crippen LogP contribution in [0.15, 0.2) is 65.3 Å². The summed E-state index contributed by atoms with van der Waals surface area (Å²) in [5.74, 6) is 0.348. The molecule has 0 saturated heterocycles. The predicted molar refractivity (Wildman–Crippen MR) is 116 cm³/mol. The summed E-state index contributed by atoms with van der Waals surface area (Å²) in [7, 11) is 0. The van der Waals surface area contributed by atoms with E-state index in [0.29, 0.717) is 18.6 Å². The minimum atomic E-state index is 0.348. The first-order chi connectivity index (χ1) is 13.8. The first-order valence-corrected chi connectivity index (χ1v) is 10.4. The second-order valence-electron chi connectivity index (χ2n) is 7.79. The minimum Gasteiger partial charge on any atom is -0.365 e. The lowest BCUT2D eigenvalue weighted by Crippen LogP contribution is -2.22. The summed E-state index contributed by atoms with van der Waals surface area (Å²) in [5, 5.41) is 0. The number of aryl methyl sites for hydroxylation is 1. The molecule has 0 saturated carbocycles. The van der Waals surface area contributed by atoms with Crippen molar-refractivity contribution in [1.29, 1.82) is 0 Å². The van der Waals surface area contributed by atoms with Crippen LogP contribution in [0.4, 0.5) is 5.69 Å². The summed E-state index contributed by atoms with van der Waals surface area (Å²) in [5.41, 5.74) is 6.34. The standard InChI is InChI=1S/C25H28N2O/c28-24(11-5-4-9-20-7-2-1-3-8-20)17-21-12-13-22-14-16-27(25(22)18-21)19-23-10-6-15-26-23/h1-3,7-8,10,12-13,15,18H,4-6,9,11,14,16-17,19H2. The zero-order valence-electron chi connectivity index (χ0n) is 16.4. The number of hydrogen-bond donors (Lipinski definition) is 0. The lowest BCUT2D eigenvalue weighted by molar-refractivity contribution is -0.118. The quantitative estimate of drug-likeness (QED) is 0.585. The Hall–Kier alpha value is -2.68. The number of hydrogen-bond acceptors (Lipinski definition) is 3. The summed E-state index contributed by atoms with van der Waals surface area (Å²) in [4.78, 5) is 19.3. The molecule has 2 aromatic carbocycles. The Morgan fingerprint density at radius 1 is 1.04 bits per heavy atom. The molecule has 2 aromatic rings. The smallest absolute Gasteiger partial charge is 0.137 e. The maximum atomic E-state index is 12.4. The Labute approximate surface area is 167 Å². The maximum absolute atomic E-state index is 12.4. The number of fused-ring (bicyclic) bond motifs is 1. The van der Waals surface area contributed by atoms with E-state index in [1.165, 1.54) is 16.8 Å². The number of nitrogens with zero attached hydrogens (tertiary/aromatic N) is 2. The Morgan fingerprint density at radius 3 is 2.75 bits per heavy atom. The van der Waals surface area contributed by atoms with Crippen molar-refractivity contribution in [3.63, 3.8) is 0 Å². The summed E-state index contributed by atoms with van der Waals surface area (Å²) in [6.45, 7) is 1.92. The highest BCUT2D eigenvalue weighted by Gasteiger charge is 2.21. The Balaban J connectivity index is 1.27. The highest BCUT2D eigenvalue weighted by atomic mass is 16.1. The van der Waals surface area contributed by atoms with Gasteiger partial charge in [0.25, 0.3) is 0 Å². The van der Waals surface area contributed by atoms with E-state index in [9.17, 15) is 4.79 Å². The van der Waals surface area contributed by atoms with Crippen LogP contribution in [0.3, 0.4) is 0 Å². The second-order valence-corrected chi connectivity index (χ2v) is 7.79. The molecular weight excluding hydrogens is 344 g/mol. The molecule has 2 aliphatic rings. The molecule has 0 unspecified atom stereocenters. The van der Waals surface area contributed by atoms with Gasteiger partial charge >= 0.3 is 0 Å². The van der Waals surface area contributed by atoms with Gasteiger partial charge < -0.3 is 4.90 Å². The topological polar surface area (TPSA) is 32.7 Å². The van der Waals surface area contributed by atoms with Crippen molar-refractivity contribution in [2.45, 2.75) is 44.9 Å². The number of rotatable bonds is 9. The van der Waals surface area contributed by atoms with E-state index < -0.39 is 0 Å². The molecule has 4 rings (SSSR count). The summed E-state index contributed by atoms with van der Waals surface area (Å²) in [6.07, 6.45) is 10.5. The number of aliphatic imine (C=N–C) groups is 1. The first-order valence-electron chi connectivity index (χ1n) is 10.4. The van der Waals surface area contributed by atoms with Gasteiger partial charge in [-0.25, -0.2) is 0 Å². The molecule has 0 aromatic heterocycles. The normalized spacial score (nSPS) is 15.0. The van der Waals surface area contributed by atoms with Gasteiger partial charge in [0.1, 0.15) is 5.78 Å². The van der Waals surface area contributed by atoms with Gasteiger partial charge in [0.05, 0.1) is 12.2 Å².